The molecule has 25 heavy (non-hydrogen) atoms. The van der Waals surface area contributed by atoms with Crippen molar-refractivity contribution in [3.8, 4) is 0 Å². The Kier molecular flexibility index (Phi) is 4.51. The summed E-state index contributed by atoms with van der Waals surface area (Å²) in [5.74, 6) is -0.117. The van der Waals surface area contributed by atoms with Gasteiger partial charge in [0.25, 0.3) is 5.91 Å². The summed E-state index contributed by atoms with van der Waals surface area (Å²) in [6.07, 6.45) is 0.172. The van der Waals surface area contributed by atoms with Crippen LogP contribution in [0.1, 0.15) is 17.9 Å². The number of aryl methyl sites for hydroxylation is 1. The summed E-state index contributed by atoms with van der Waals surface area (Å²) in [5, 5.41) is 9.72. The van der Waals surface area contributed by atoms with Crippen LogP contribution in [0.25, 0.3) is 0 Å². The molecule has 130 valence electrons. The molecule has 1 aliphatic rings. The molecule has 3 rings (SSSR count). The minimum Gasteiger partial charge on any atom is -0.368 e. The third-order valence-corrected chi connectivity index (χ3v) is 3.93. The molecule has 1 atom stereocenters. The van der Waals surface area contributed by atoms with E-state index in [1.54, 1.807) is 20.0 Å². The highest BCUT2D eigenvalue weighted by Gasteiger charge is 2.35. The van der Waals surface area contributed by atoms with Crippen molar-refractivity contribution < 1.29 is 14.1 Å². The number of para-hydroxylation sites is 1. The fraction of sp³-hybridized carbons (Fsp3) is 0.294. The number of carbonyl (C=O) groups excluding carboxylic acids is 2. The quantitative estimate of drug-likeness (QED) is 0.875. The van der Waals surface area contributed by atoms with Crippen molar-refractivity contribution in [2.45, 2.75) is 25.9 Å². The van der Waals surface area contributed by atoms with E-state index in [4.69, 9.17) is 10.3 Å². The molecule has 2 N–H and O–H groups in total. The van der Waals surface area contributed by atoms with Crippen LogP contribution in [0.5, 0.6) is 0 Å². The fourth-order valence-corrected chi connectivity index (χ4v) is 2.71. The molecule has 2 heterocycles. The molecule has 0 saturated carbocycles. The summed E-state index contributed by atoms with van der Waals surface area (Å²) in [7, 11) is 1.65. The van der Waals surface area contributed by atoms with Crippen molar-refractivity contribution in [1.82, 2.24) is 10.1 Å². The van der Waals surface area contributed by atoms with E-state index in [0.29, 0.717) is 23.7 Å². The van der Waals surface area contributed by atoms with Gasteiger partial charge in [-0.05, 0) is 19.1 Å². The molecule has 2 aromatic rings. The molecule has 2 amide bonds. The van der Waals surface area contributed by atoms with Gasteiger partial charge in [-0.1, -0.05) is 23.4 Å². The summed E-state index contributed by atoms with van der Waals surface area (Å²) < 4.78 is 5.01. The average Bonchev–Trinajstić information content (AvgIpc) is 3.21. The molecule has 1 aromatic carbocycles. The van der Waals surface area contributed by atoms with Crippen LogP contribution >= 0.6 is 0 Å². The second-order valence-electron chi connectivity index (χ2n) is 5.94. The number of nitrogens with zero attached hydrogens (tertiary/aromatic N) is 4. The lowest BCUT2D eigenvalue weighted by Crippen LogP contribution is -2.40. The predicted molar refractivity (Wildman–Crippen MR) is 91.7 cm³/mol. The van der Waals surface area contributed by atoms with Crippen LogP contribution in [0.2, 0.25) is 0 Å². The fourth-order valence-electron chi connectivity index (χ4n) is 2.71. The maximum atomic E-state index is 12.7. The van der Waals surface area contributed by atoms with Gasteiger partial charge in [-0.25, -0.2) is 0 Å². The highest BCUT2D eigenvalue weighted by molar-refractivity contribution is 6.40. The number of benzene rings is 1. The Morgan fingerprint density at radius 2 is 2.08 bits per heavy atom. The number of nitrogens with two attached hydrogens (primary N) is 1. The topological polar surface area (TPSA) is 105 Å². The molecular formula is C17H19N5O3. The normalized spacial score (nSPS) is 16.6. The Labute approximate surface area is 144 Å². The highest BCUT2D eigenvalue weighted by atomic mass is 16.5. The third-order valence-electron chi connectivity index (χ3n) is 3.93. The lowest BCUT2D eigenvalue weighted by atomic mass is 10.1. The Hall–Kier alpha value is -3.16. The Morgan fingerprint density at radius 3 is 2.68 bits per heavy atom. The molecule has 0 unspecified atom stereocenters. The van der Waals surface area contributed by atoms with Gasteiger partial charge in [0, 0.05) is 19.5 Å². The van der Waals surface area contributed by atoms with Crippen LogP contribution in [0.4, 0.5) is 5.69 Å². The van der Waals surface area contributed by atoms with E-state index >= 15 is 0 Å². The van der Waals surface area contributed by atoms with Gasteiger partial charge in [-0.2, -0.15) is 5.10 Å². The lowest BCUT2D eigenvalue weighted by Gasteiger charge is -2.20. The number of hydrazone groups is 1. The van der Waals surface area contributed by atoms with Gasteiger partial charge in [0.05, 0.1) is 12.2 Å². The lowest BCUT2D eigenvalue weighted by molar-refractivity contribution is -0.123. The van der Waals surface area contributed by atoms with Gasteiger partial charge in [-0.15, -0.1) is 0 Å². The third kappa shape index (κ3) is 3.52. The summed E-state index contributed by atoms with van der Waals surface area (Å²) in [5.41, 5.74) is 7.14. The summed E-state index contributed by atoms with van der Waals surface area (Å²) in [4.78, 5) is 25.9. The van der Waals surface area contributed by atoms with Crippen molar-refractivity contribution in [2.24, 2.45) is 10.8 Å². The van der Waals surface area contributed by atoms with Gasteiger partial charge >= 0.3 is 0 Å². The van der Waals surface area contributed by atoms with E-state index < -0.39 is 11.9 Å². The molecule has 0 fully saturated rings. The van der Waals surface area contributed by atoms with Crippen molar-refractivity contribution >= 4 is 23.2 Å². The maximum absolute atomic E-state index is 12.7. The first-order chi connectivity index (χ1) is 12.0. The number of amides is 2. The van der Waals surface area contributed by atoms with E-state index in [0.717, 1.165) is 0 Å². The van der Waals surface area contributed by atoms with Crippen molar-refractivity contribution in [3.63, 3.8) is 0 Å². The first kappa shape index (κ1) is 16.7. The zero-order chi connectivity index (χ0) is 18.0. The van der Waals surface area contributed by atoms with Crippen molar-refractivity contribution in [3.05, 3.63) is 47.9 Å². The number of primary amides is 1. The largest absolute Gasteiger partial charge is 0.368 e. The number of aromatic nitrogens is 1. The second-order valence-corrected chi connectivity index (χ2v) is 5.94. The van der Waals surface area contributed by atoms with Crippen LogP contribution in [0.15, 0.2) is 46.0 Å². The monoisotopic (exact) mass is 341 g/mol. The van der Waals surface area contributed by atoms with Gasteiger partial charge < -0.3 is 15.2 Å². The molecule has 0 saturated heterocycles. The molecule has 8 heteroatoms. The van der Waals surface area contributed by atoms with Crippen LogP contribution in [0, 0.1) is 6.92 Å². The SMILES string of the molecule is Cc1cc(CN(C)C(=O)C2=NN(c3ccccc3)[C@@H](C(N)=O)C2)no1. The maximum Gasteiger partial charge on any atom is 0.270 e. The van der Waals surface area contributed by atoms with E-state index in [-0.39, 0.29) is 18.0 Å². The van der Waals surface area contributed by atoms with E-state index in [1.165, 1.54) is 9.91 Å². The summed E-state index contributed by atoms with van der Waals surface area (Å²) in [6, 6.07) is 10.3. The second kappa shape index (κ2) is 6.76. The number of hydrogen-bond donors (Lipinski definition) is 1. The minimum atomic E-state index is -0.677. The summed E-state index contributed by atoms with van der Waals surface area (Å²) >= 11 is 0. The Bertz CT molecular complexity index is 815. The standard InChI is InChI=1S/C17H19N5O3/c1-11-8-12(20-25-11)10-21(2)17(24)14-9-15(16(18)23)22(19-14)13-6-4-3-5-7-13/h3-8,15H,9-10H2,1-2H3,(H2,18,23)/t15-/m1/s1. The van der Waals surface area contributed by atoms with Crippen LogP contribution < -0.4 is 10.7 Å². The number of anilines is 1. The van der Waals surface area contributed by atoms with Crippen LogP contribution in [-0.2, 0) is 16.1 Å². The van der Waals surface area contributed by atoms with E-state index in [2.05, 4.69) is 10.3 Å². The van der Waals surface area contributed by atoms with Gasteiger partial charge in [0.1, 0.15) is 23.2 Å². The first-order valence-electron chi connectivity index (χ1n) is 7.84. The molecule has 8 nitrogen and oxygen atoms in total. The number of rotatable bonds is 5. The molecule has 1 aliphatic heterocycles. The molecule has 0 bridgehead atoms. The Balaban J connectivity index is 1.78. The molecule has 0 spiro atoms. The number of carbonyl (C=O) groups is 2. The van der Waals surface area contributed by atoms with Gasteiger partial charge in [0.15, 0.2) is 0 Å². The number of hydrogen-bond acceptors (Lipinski definition) is 6. The van der Waals surface area contributed by atoms with E-state index in [9.17, 15) is 9.59 Å². The molecular weight excluding hydrogens is 322 g/mol. The average molecular weight is 341 g/mol. The van der Waals surface area contributed by atoms with Crippen LogP contribution in [0.3, 0.4) is 0 Å². The molecule has 1 aromatic heterocycles. The van der Waals surface area contributed by atoms with Crippen molar-refractivity contribution in [1.29, 1.82) is 0 Å². The highest BCUT2D eigenvalue weighted by Crippen LogP contribution is 2.25. The Morgan fingerprint density at radius 1 is 1.36 bits per heavy atom. The predicted octanol–water partition coefficient (Wildman–Crippen LogP) is 1.06. The van der Waals surface area contributed by atoms with Crippen LogP contribution in [-0.4, -0.2) is 40.7 Å². The molecule has 0 aliphatic carbocycles. The van der Waals surface area contributed by atoms with Gasteiger partial charge in [0.2, 0.25) is 5.91 Å². The summed E-state index contributed by atoms with van der Waals surface area (Å²) in [6.45, 7) is 2.08. The van der Waals surface area contributed by atoms with Crippen molar-refractivity contribution in [2.75, 3.05) is 12.1 Å². The van der Waals surface area contributed by atoms with Gasteiger partial charge in [-0.3, -0.25) is 14.6 Å². The zero-order valence-electron chi connectivity index (χ0n) is 14.0. The minimum absolute atomic E-state index is 0.172. The zero-order valence-corrected chi connectivity index (χ0v) is 14.0. The first-order valence-corrected chi connectivity index (χ1v) is 7.84. The smallest absolute Gasteiger partial charge is 0.270 e. The molecule has 0 radical (unpaired) electrons. The van der Waals surface area contributed by atoms with E-state index in [1.807, 2.05) is 30.3 Å².